The number of pyridine rings is 1. The van der Waals surface area contributed by atoms with Gasteiger partial charge in [-0.25, -0.2) is 4.79 Å². The van der Waals surface area contributed by atoms with E-state index in [1.807, 2.05) is 36.4 Å². The second-order valence-electron chi connectivity index (χ2n) is 6.13. The van der Waals surface area contributed by atoms with Crippen molar-refractivity contribution in [3.63, 3.8) is 0 Å². The van der Waals surface area contributed by atoms with Crippen molar-refractivity contribution in [2.45, 2.75) is 19.9 Å². The molecular weight excluding hydrogens is 316 g/mol. The van der Waals surface area contributed by atoms with Gasteiger partial charge in [0.1, 0.15) is 0 Å². The lowest BCUT2D eigenvalue weighted by Crippen LogP contribution is -2.40. The average molecular weight is 336 g/mol. The Morgan fingerprint density at radius 1 is 1.24 bits per heavy atom. The fourth-order valence-corrected chi connectivity index (χ4v) is 3.17. The second-order valence-corrected chi connectivity index (χ2v) is 6.13. The summed E-state index contributed by atoms with van der Waals surface area (Å²) in [6.45, 7) is 3.15. The Bertz CT molecular complexity index is 870. The van der Waals surface area contributed by atoms with Crippen molar-refractivity contribution in [2.24, 2.45) is 5.73 Å². The zero-order valence-corrected chi connectivity index (χ0v) is 14.4. The van der Waals surface area contributed by atoms with Crippen molar-refractivity contribution in [3.8, 4) is 0 Å². The number of nitrogens with one attached hydrogen (secondary N) is 1. The van der Waals surface area contributed by atoms with Gasteiger partial charge in [0.25, 0.3) is 0 Å². The van der Waals surface area contributed by atoms with Crippen molar-refractivity contribution in [1.29, 1.82) is 0 Å². The lowest BCUT2D eigenvalue weighted by atomic mass is 9.93. The number of anilines is 1. The predicted molar refractivity (Wildman–Crippen MR) is 96.8 cm³/mol. The van der Waals surface area contributed by atoms with E-state index in [-0.39, 0.29) is 17.9 Å². The van der Waals surface area contributed by atoms with Crippen LogP contribution >= 0.6 is 0 Å². The molecule has 0 aliphatic carbocycles. The van der Waals surface area contributed by atoms with Crippen LogP contribution in [0.2, 0.25) is 0 Å². The minimum Gasteiger partial charge on any atom is -0.402 e. The molecule has 1 aromatic heterocycles. The SMILES string of the molecule is CC(=O)C(=C(C)N)c1cc2c(cn1)NC(=O)N(C)[C@H]2c1ccccc1. The van der Waals surface area contributed by atoms with Gasteiger partial charge in [-0.05, 0) is 25.5 Å². The standard InChI is InChI=1S/C19H20N4O2/c1-11(20)17(12(2)24)15-9-14-16(10-21-15)22-19(25)23(3)18(14)13-7-5-4-6-8-13/h4-10,18H,20H2,1-3H3,(H,22,25)/t18-/m0/s1. The summed E-state index contributed by atoms with van der Waals surface area (Å²) >= 11 is 0. The number of ketones is 1. The predicted octanol–water partition coefficient (Wildman–Crippen LogP) is 2.93. The summed E-state index contributed by atoms with van der Waals surface area (Å²) in [5.74, 6) is -0.142. The van der Waals surface area contributed by atoms with Crippen molar-refractivity contribution < 1.29 is 9.59 Å². The van der Waals surface area contributed by atoms with Crippen molar-refractivity contribution >= 4 is 23.1 Å². The normalized spacial score (nSPS) is 17.5. The van der Waals surface area contributed by atoms with Gasteiger partial charge < -0.3 is 16.0 Å². The number of nitrogens with two attached hydrogens (primary N) is 1. The van der Waals surface area contributed by atoms with Crippen LogP contribution in [0.15, 0.2) is 48.3 Å². The van der Waals surface area contributed by atoms with Crippen LogP contribution in [0.5, 0.6) is 0 Å². The van der Waals surface area contributed by atoms with E-state index in [0.717, 1.165) is 11.1 Å². The number of Topliss-reactive ketones (excluding diaryl/α,β-unsaturated/α-hetero) is 1. The zero-order valence-electron chi connectivity index (χ0n) is 14.4. The monoisotopic (exact) mass is 336 g/mol. The molecule has 1 aromatic carbocycles. The molecule has 0 saturated carbocycles. The molecule has 0 fully saturated rings. The Kier molecular flexibility index (Phi) is 4.27. The molecule has 2 aromatic rings. The molecule has 128 valence electrons. The summed E-state index contributed by atoms with van der Waals surface area (Å²) in [4.78, 5) is 30.2. The first-order valence-electron chi connectivity index (χ1n) is 7.96. The van der Waals surface area contributed by atoms with Gasteiger partial charge >= 0.3 is 6.03 Å². The number of amides is 2. The van der Waals surface area contributed by atoms with E-state index < -0.39 is 0 Å². The Balaban J connectivity index is 2.19. The number of hydrogen-bond acceptors (Lipinski definition) is 4. The molecule has 2 amide bonds. The quantitative estimate of drug-likeness (QED) is 0.844. The van der Waals surface area contributed by atoms with Crippen LogP contribution in [-0.4, -0.2) is 28.7 Å². The van der Waals surface area contributed by atoms with Gasteiger partial charge in [0.15, 0.2) is 5.78 Å². The maximum absolute atomic E-state index is 12.3. The molecule has 1 atom stereocenters. The van der Waals surface area contributed by atoms with Gasteiger partial charge in [0.2, 0.25) is 0 Å². The molecule has 3 rings (SSSR count). The number of aromatic nitrogens is 1. The number of nitrogens with zero attached hydrogens (tertiary/aromatic N) is 2. The van der Waals surface area contributed by atoms with Gasteiger partial charge in [-0.3, -0.25) is 9.78 Å². The summed E-state index contributed by atoms with van der Waals surface area (Å²) in [5.41, 5.74) is 9.70. The number of carbonyl (C=O) groups excluding carboxylic acids is 2. The van der Waals surface area contributed by atoms with E-state index >= 15 is 0 Å². The largest absolute Gasteiger partial charge is 0.402 e. The third-order valence-electron chi connectivity index (χ3n) is 4.30. The van der Waals surface area contributed by atoms with E-state index in [1.54, 1.807) is 25.1 Å². The highest BCUT2D eigenvalue weighted by atomic mass is 16.2. The number of allylic oxidation sites excluding steroid dienone is 2. The van der Waals surface area contributed by atoms with Gasteiger partial charge in [0.05, 0.1) is 29.2 Å². The van der Waals surface area contributed by atoms with E-state index in [4.69, 9.17) is 5.73 Å². The Labute approximate surface area is 146 Å². The molecule has 3 N–H and O–H groups in total. The molecule has 1 aliphatic rings. The van der Waals surface area contributed by atoms with Crippen molar-refractivity contribution in [3.05, 3.63) is 65.1 Å². The highest BCUT2D eigenvalue weighted by Crippen LogP contribution is 2.37. The minimum absolute atomic E-state index is 0.142. The van der Waals surface area contributed by atoms with Gasteiger partial charge in [-0.1, -0.05) is 30.3 Å². The third kappa shape index (κ3) is 2.98. The third-order valence-corrected chi connectivity index (χ3v) is 4.30. The van der Waals surface area contributed by atoms with Crippen LogP contribution in [-0.2, 0) is 4.79 Å². The zero-order chi connectivity index (χ0) is 18.1. The summed E-state index contributed by atoms with van der Waals surface area (Å²) < 4.78 is 0. The summed E-state index contributed by atoms with van der Waals surface area (Å²) in [6, 6.07) is 11.1. The number of hydrogen-bond donors (Lipinski definition) is 2. The molecular formula is C19H20N4O2. The van der Waals surface area contributed by atoms with Gasteiger partial charge in [-0.2, -0.15) is 0 Å². The topological polar surface area (TPSA) is 88.3 Å². The lowest BCUT2D eigenvalue weighted by molar-refractivity contribution is -0.111. The fraction of sp³-hybridized carbons (Fsp3) is 0.211. The smallest absolute Gasteiger partial charge is 0.322 e. The van der Waals surface area contributed by atoms with Crippen LogP contribution in [0, 0.1) is 0 Å². The van der Waals surface area contributed by atoms with Gasteiger partial charge in [0, 0.05) is 18.3 Å². The second kappa shape index (κ2) is 6.39. The summed E-state index contributed by atoms with van der Waals surface area (Å²) in [7, 11) is 1.74. The number of urea groups is 1. The van der Waals surface area contributed by atoms with E-state index in [2.05, 4.69) is 10.3 Å². The highest BCUT2D eigenvalue weighted by molar-refractivity contribution is 6.19. The molecule has 2 heterocycles. The summed E-state index contributed by atoms with van der Waals surface area (Å²) in [5, 5.41) is 2.83. The lowest BCUT2D eigenvalue weighted by Gasteiger charge is -2.35. The Morgan fingerprint density at radius 2 is 1.92 bits per heavy atom. The van der Waals surface area contributed by atoms with Crippen molar-refractivity contribution in [1.82, 2.24) is 9.88 Å². The van der Waals surface area contributed by atoms with Crippen LogP contribution in [0.4, 0.5) is 10.5 Å². The molecule has 0 bridgehead atoms. The molecule has 0 unspecified atom stereocenters. The van der Waals surface area contributed by atoms with Crippen LogP contribution in [0.3, 0.4) is 0 Å². The van der Waals surface area contributed by atoms with Crippen LogP contribution < -0.4 is 11.1 Å². The molecule has 6 nitrogen and oxygen atoms in total. The van der Waals surface area contributed by atoms with Crippen LogP contribution in [0.25, 0.3) is 5.57 Å². The maximum atomic E-state index is 12.3. The number of rotatable bonds is 3. The van der Waals surface area contributed by atoms with Crippen molar-refractivity contribution in [2.75, 3.05) is 12.4 Å². The first-order valence-corrected chi connectivity index (χ1v) is 7.96. The molecule has 1 aliphatic heterocycles. The number of carbonyl (C=O) groups is 2. The molecule has 0 saturated heterocycles. The van der Waals surface area contributed by atoms with Gasteiger partial charge in [-0.15, -0.1) is 0 Å². The minimum atomic E-state index is -0.266. The number of fused-ring (bicyclic) bond motifs is 1. The van der Waals surface area contributed by atoms with E-state index in [9.17, 15) is 9.59 Å². The number of benzene rings is 1. The molecule has 0 spiro atoms. The Hall–Kier alpha value is -3.15. The first kappa shape index (κ1) is 16.7. The molecule has 0 radical (unpaired) electrons. The van der Waals surface area contributed by atoms with E-state index in [1.165, 1.54) is 6.92 Å². The summed E-state index contributed by atoms with van der Waals surface area (Å²) in [6.07, 6.45) is 1.58. The molecule has 25 heavy (non-hydrogen) atoms. The Morgan fingerprint density at radius 3 is 2.52 bits per heavy atom. The average Bonchev–Trinajstić information content (AvgIpc) is 2.56. The van der Waals surface area contributed by atoms with Crippen LogP contribution in [0.1, 0.15) is 36.7 Å². The maximum Gasteiger partial charge on any atom is 0.322 e. The fourth-order valence-electron chi connectivity index (χ4n) is 3.17. The molecule has 6 heteroatoms. The highest BCUT2D eigenvalue weighted by Gasteiger charge is 2.32. The first-order chi connectivity index (χ1) is 11.9. The van der Waals surface area contributed by atoms with E-state index in [0.29, 0.717) is 22.7 Å².